The summed E-state index contributed by atoms with van der Waals surface area (Å²) in [6.07, 6.45) is 1.66. The Morgan fingerprint density at radius 3 is 2.57 bits per heavy atom. The lowest BCUT2D eigenvalue weighted by molar-refractivity contribution is 0.125. The molecule has 1 aliphatic rings. The summed E-state index contributed by atoms with van der Waals surface area (Å²) in [5.41, 5.74) is 2.37. The SMILES string of the molecule is N#CCCCN1CCN(Cc2csc(-c3ccccc3)n2)CC1. The van der Waals surface area contributed by atoms with Gasteiger partial charge in [-0.05, 0) is 13.0 Å². The van der Waals surface area contributed by atoms with Gasteiger partial charge in [0, 0.05) is 50.1 Å². The molecule has 120 valence electrons. The van der Waals surface area contributed by atoms with Gasteiger partial charge in [-0.1, -0.05) is 30.3 Å². The zero-order valence-electron chi connectivity index (χ0n) is 13.3. The van der Waals surface area contributed by atoms with Gasteiger partial charge in [-0.3, -0.25) is 4.90 Å². The molecule has 5 heteroatoms. The predicted octanol–water partition coefficient (Wildman–Crippen LogP) is 3.23. The van der Waals surface area contributed by atoms with Gasteiger partial charge in [0.2, 0.25) is 0 Å². The third kappa shape index (κ3) is 4.61. The maximum absolute atomic E-state index is 8.60. The van der Waals surface area contributed by atoms with Gasteiger partial charge in [-0.25, -0.2) is 4.98 Å². The summed E-state index contributed by atoms with van der Waals surface area (Å²) in [5, 5.41) is 11.9. The van der Waals surface area contributed by atoms with Gasteiger partial charge in [0.05, 0.1) is 11.8 Å². The Kier molecular flexibility index (Phi) is 5.76. The number of benzene rings is 1. The highest BCUT2D eigenvalue weighted by Gasteiger charge is 2.17. The molecule has 1 fully saturated rings. The average molecular weight is 326 g/mol. The Bertz CT molecular complexity index is 639. The van der Waals surface area contributed by atoms with Gasteiger partial charge in [0.1, 0.15) is 5.01 Å². The van der Waals surface area contributed by atoms with Crippen molar-refractivity contribution in [3.63, 3.8) is 0 Å². The van der Waals surface area contributed by atoms with E-state index < -0.39 is 0 Å². The summed E-state index contributed by atoms with van der Waals surface area (Å²) in [7, 11) is 0. The topological polar surface area (TPSA) is 43.2 Å². The van der Waals surface area contributed by atoms with Gasteiger partial charge in [-0.2, -0.15) is 5.26 Å². The minimum Gasteiger partial charge on any atom is -0.301 e. The van der Waals surface area contributed by atoms with Crippen LogP contribution in [0.4, 0.5) is 0 Å². The molecule has 3 rings (SSSR count). The van der Waals surface area contributed by atoms with E-state index in [1.165, 1.54) is 11.3 Å². The van der Waals surface area contributed by atoms with Crippen molar-refractivity contribution in [3.8, 4) is 16.6 Å². The molecule has 2 heterocycles. The van der Waals surface area contributed by atoms with Crippen molar-refractivity contribution >= 4 is 11.3 Å². The molecule has 0 atom stereocenters. The Morgan fingerprint density at radius 1 is 1.09 bits per heavy atom. The van der Waals surface area contributed by atoms with Crippen LogP contribution in [0.5, 0.6) is 0 Å². The highest BCUT2D eigenvalue weighted by atomic mass is 32.1. The predicted molar refractivity (Wildman–Crippen MR) is 94.1 cm³/mol. The van der Waals surface area contributed by atoms with Crippen LogP contribution in [-0.4, -0.2) is 47.5 Å². The van der Waals surface area contributed by atoms with Gasteiger partial charge < -0.3 is 4.90 Å². The van der Waals surface area contributed by atoms with Crippen molar-refractivity contribution in [3.05, 3.63) is 41.4 Å². The molecule has 23 heavy (non-hydrogen) atoms. The fraction of sp³-hybridized carbons (Fsp3) is 0.444. The van der Waals surface area contributed by atoms with E-state index in [0.29, 0.717) is 6.42 Å². The van der Waals surface area contributed by atoms with Crippen molar-refractivity contribution in [2.24, 2.45) is 0 Å². The largest absolute Gasteiger partial charge is 0.301 e. The summed E-state index contributed by atoms with van der Waals surface area (Å²) in [6, 6.07) is 12.6. The number of nitrogens with zero attached hydrogens (tertiary/aromatic N) is 4. The van der Waals surface area contributed by atoms with Crippen LogP contribution in [0.15, 0.2) is 35.7 Å². The molecule has 0 aliphatic carbocycles. The first kappa shape index (κ1) is 16.1. The normalized spacial score (nSPS) is 16.3. The summed E-state index contributed by atoms with van der Waals surface area (Å²) in [5.74, 6) is 0. The molecule has 1 aromatic carbocycles. The number of rotatable bonds is 6. The molecule has 1 aliphatic heterocycles. The van der Waals surface area contributed by atoms with Crippen LogP contribution >= 0.6 is 11.3 Å². The minimum absolute atomic E-state index is 0.668. The van der Waals surface area contributed by atoms with E-state index in [4.69, 9.17) is 10.2 Å². The molecule has 4 nitrogen and oxygen atoms in total. The Balaban J connectivity index is 1.48. The monoisotopic (exact) mass is 326 g/mol. The maximum atomic E-state index is 8.60. The average Bonchev–Trinajstić information content (AvgIpc) is 3.06. The van der Waals surface area contributed by atoms with E-state index in [-0.39, 0.29) is 0 Å². The zero-order chi connectivity index (χ0) is 15.9. The third-order valence-corrected chi connectivity index (χ3v) is 5.13. The van der Waals surface area contributed by atoms with E-state index in [0.717, 1.165) is 50.7 Å². The van der Waals surface area contributed by atoms with Crippen molar-refractivity contribution < 1.29 is 0 Å². The number of piperazine rings is 1. The Morgan fingerprint density at radius 2 is 1.83 bits per heavy atom. The summed E-state index contributed by atoms with van der Waals surface area (Å²) < 4.78 is 0. The first-order valence-corrected chi connectivity index (χ1v) is 9.04. The molecule has 0 saturated carbocycles. The minimum atomic E-state index is 0.668. The second-order valence-corrected chi connectivity index (χ2v) is 6.75. The van der Waals surface area contributed by atoms with Crippen LogP contribution < -0.4 is 0 Å². The Labute approximate surface area is 142 Å². The number of aromatic nitrogens is 1. The molecular formula is C18H22N4S. The van der Waals surface area contributed by atoms with Crippen molar-refractivity contribution in [1.29, 1.82) is 5.26 Å². The molecule has 0 amide bonds. The van der Waals surface area contributed by atoms with Crippen LogP contribution in [0.2, 0.25) is 0 Å². The summed E-state index contributed by atoms with van der Waals surface area (Å²) in [6.45, 7) is 6.36. The van der Waals surface area contributed by atoms with Gasteiger partial charge >= 0.3 is 0 Å². The Hall–Kier alpha value is -1.74. The van der Waals surface area contributed by atoms with E-state index in [9.17, 15) is 0 Å². The number of hydrogen-bond acceptors (Lipinski definition) is 5. The fourth-order valence-corrected chi connectivity index (χ4v) is 3.69. The molecule has 1 saturated heterocycles. The highest BCUT2D eigenvalue weighted by Crippen LogP contribution is 2.24. The molecule has 1 aromatic heterocycles. The van der Waals surface area contributed by atoms with Crippen molar-refractivity contribution in [1.82, 2.24) is 14.8 Å². The quantitative estimate of drug-likeness (QED) is 0.765. The number of thiazole rings is 1. The van der Waals surface area contributed by atoms with Crippen LogP contribution in [-0.2, 0) is 6.54 Å². The molecule has 2 aromatic rings. The zero-order valence-corrected chi connectivity index (χ0v) is 14.1. The molecule has 0 spiro atoms. The van der Waals surface area contributed by atoms with Crippen molar-refractivity contribution in [2.45, 2.75) is 19.4 Å². The fourth-order valence-electron chi connectivity index (χ4n) is 2.87. The lowest BCUT2D eigenvalue weighted by Gasteiger charge is -2.34. The molecular weight excluding hydrogens is 304 g/mol. The van der Waals surface area contributed by atoms with E-state index in [1.54, 1.807) is 11.3 Å². The standard InChI is InChI=1S/C18H22N4S/c19-8-4-5-9-21-10-12-22(13-11-21)14-17-15-23-18(20-17)16-6-2-1-3-7-16/h1-3,6-7,15H,4-5,9-14H2. The van der Waals surface area contributed by atoms with Gasteiger partial charge in [0.25, 0.3) is 0 Å². The molecule has 0 unspecified atom stereocenters. The maximum Gasteiger partial charge on any atom is 0.123 e. The second kappa shape index (κ2) is 8.21. The van der Waals surface area contributed by atoms with Crippen LogP contribution in [0.1, 0.15) is 18.5 Å². The van der Waals surface area contributed by atoms with E-state index >= 15 is 0 Å². The smallest absolute Gasteiger partial charge is 0.123 e. The number of unbranched alkanes of at least 4 members (excludes halogenated alkanes) is 1. The van der Waals surface area contributed by atoms with Crippen molar-refractivity contribution in [2.75, 3.05) is 32.7 Å². The van der Waals surface area contributed by atoms with Crippen LogP contribution in [0.25, 0.3) is 10.6 Å². The third-order valence-electron chi connectivity index (χ3n) is 4.19. The number of nitriles is 1. The van der Waals surface area contributed by atoms with E-state index in [1.807, 2.05) is 6.07 Å². The van der Waals surface area contributed by atoms with Gasteiger partial charge in [0.15, 0.2) is 0 Å². The van der Waals surface area contributed by atoms with Crippen LogP contribution in [0.3, 0.4) is 0 Å². The highest BCUT2D eigenvalue weighted by molar-refractivity contribution is 7.13. The number of hydrogen-bond donors (Lipinski definition) is 0. The lowest BCUT2D eigenvalue weighted by Crippen LogP contribution is -2.46. The molecule has 0 bridgehead atoms. The van der Waals surface area contributed by atoms with Gasteiger partial charge in [-0.15, -0.1) is 11.3 Å². The molecule has 0 N–H and O–H groups in total. The summed E-state index contributed by atoms with van der Waals surface area (Å²) >= 11 is 1.73. The lowest BCUT2D eigenvalue weighted by atomic mass is 10.2. The van der Waals surface area contributed by atoms with Crippen LogP contribution in [0, 0.1) is 11.3 Å². The summed E-state index contributed by atoms with van der Waals surface area (Å²) in [4.78, 5) is 9.72. The second-order valence-electron chi connectivity index (χ2n) is 5.89. The first-order valence-electron chi connectivity index (χ1n) is 8.16. The molecule has 0 radical (unpaired) electrons. The first-order chi connectivity index (χ1) is 11.3. The van der Waals surface area contributed by atoms with E-state index in [2.05, 4.69) is 45.5 Å².